The van der Waals surface area contributed by atoms with Gasteiger partial charge in [0, 0.05) is 12.6 Å². The Labute approximate surface area is 88.7 Å². The molecule has 2 rings (SSSR count). The largest absolute Gasteiger partial charge is 0.476 e. The van der Waals surface area contributed by atoms with Crippen LogP contribution in [-0.2, 0) is 6.42 Å². The van der Waals surface area contributed by atoms with Crippen LogP contribution in [0.3, 0.4) is 0 Å². The van der Waals surface area contributed by atoms with Crippen LogP contribution in [0.4, 0.5) is 13.2 Å². The van der Waals surface area contributed by atoms with E-state index in [1.165, 1.54) is 0 Å². The number of aromatic carboxylic acids is 1. The second kappa shape index (κ2) is 3.50. The van der Waals surface area contributed by atoms with Crippen molar-refractivity contribution >= 4 is 5.97 Å². The summed E-state index contributed by atoms with van der Waals surface area (Å²) in [6.45, 7) is 0. The standard InChI is InChI=1S/C9H9F3N2O2/c10-9(11,12)6-2-1-3-7-13-5(8(15)16)4-14(6)7/h4,6H,1-3H2,(H,15,16). The lowest BCUT2D eigenvalue weighted by molar-refractivity contribution is -0.172. The maximum absolute atomic E-state index is 12.6. The molecule has 1 N–H and O–H groups in total. The SMILES string of the molecule is O=C(O)c1cn2c(n1)CCCC2C(F)(F)F. The van der Waals surface area contributed by atoms with Crippen molar-refractivity contribution in [3.63, 3.8) is 0 Å². The number of aromatic nitrogens is 2. The Hall–Kier alpha value is -1.53. The van der Waals surface area contributed by atoms with E-state index in [2.05, 4.69) is 4.98 Å². The van der Waals surface area contributed by atoms with Crippen molar-refractivity contribution in [2.45, 2.75) is 31.5 Å². The van der Waals surface area contributed by atoms with E-state index in [1.54, 1.807) is 0 Å². The molecule has 1 aromatic rings. The summed E-state index contributed by atoms with van der Waals surface area (Å²) in [7, 11) is 0. The van der Waals surface area contributed by atoms with Gasteiger partial charge in [-0.15, -0.1) is 0 Å². The van der Waals surface area contributed by atoms with Gasteiger partial charge in [-0.05, 0) is 12.8 Å². The first-order valence-corrected chi connectivity index (χ1v) is 4.77. The zero-order chi connectivity index (χ0) is 11.9. The zero-order valence-corrected chi connectivity index (χ0v) is 8.16. The molecule has 1 aliphatic heterocycles. The average molecular weight is 234 g/mol. The van der Waals surface area contributed by atoms with Crippen LogP contribution in [0.5, 0.6) is 0 Å². The molecule has 88 valence electrons. The maximum atomic E-state index is 12.6. The molecule has 0 saturated carbocycles. The normalized spacial score (nSPS) is 20.6. The Morgan fingerprint density at radius 3 is 2.81 bits per heavy atom. The monoisotopic (exact) mass is 234 g/mol. The summed E-state index contributed by atoms with van der Waals surface area (Å²) < 4.78 is 38.8. The van der Waals surface area contributed by atoms with Gasteiger partial charge in [0.2, 0.25) is 0 Å². The molecule has 2 heterocycles. The quantitative estimate of drug-likeness (QED) is 0.808. The molecule has 0 amide bonds. The second-order valence-corrected chi connectivity index (χ2v) is 3.70. The van der Waals surface area contributed by atoms with Crippen molar-refractivity contribution in [1.29, 1.82) is 0 Å². The molecule has 0 fully saturated rings. The Morgan fingerprint density at radius 1 is 1.56 bits per heavy atom. The highest BCUT2D eigenvalue weighted by molar-refractivity contribution is 5.85. The summed E-state index contributed by atoms with van der Waals surface area (Å²) in [6, 6.07) is -1.64. The molecule has 0 aromatic carbocycles. The van der Waals surface area contributed by atoms with Crippen LogP contribution in [0.1, 0.15) is 35.2 Å². The third-order valence-electron chi connectivity index (χ3n) is 2.62. The molecule has 0 saturated heterocycles. The van der Waals surface area contributed by atoms with E-state index >= 15 is 0 Å². The minimum absolute atomic E-state index is 0.0219. The number of carbonyl (C=O) groups is 1. The molecule has 0 spiro atoms. The van der Waals surface area contributed by atoms with Gasteiger partial charge in [0.25, 0.3) is 0 Å². The van der Waals surface area contributed by atoms with Gasteiger partial charge in [-0.2, -0.15) is 13.2 Å². The van der Waals surface area contributed by atoms with Crippen molar-refractivity contribution in [3.05, 3.63) is 17.7 Å². The number of carboxylic acid groups (broad SMARTS) is 1. The fourth-order valence-corrected chi connectivity index (χ4v) is 1.90. The van der Waals surface area contributed by atoms with E-state index in [0.29, 0.717) is 12.8 Å². The van der Waals surface area contributed by atoms with E-state index < -0.39 is 18.2 Å². The van der Waals surface area contributed by atoms with Crippen LogP contribution < -0.4 is 0 Å². The predicted molar refractivity (Wildman–Crippen MR) is 47.2 cm³/mol. The van der Waals surface area contributed by atoms with E-state index in [4.69, 9.17) is 5.11 Å². The Morgan fingerprint density at radius 2 is 2.25 bits per heavy atom. The van der Waals surface area contributed by atoms with E-state index in [9.17, 15) is 18.0 Å². The topological polar surface area (TPSA) is 55.1 Å². The Balaban J connectivity index is 2.42. The smallest absolute Gasteiger partial charge is 0.409 e. The van der Waals surface area contributed by atoms with E-state index in [0.717, 1.165) is 10.8 Å². The van der Waals surface area contributed by atoms with E-state index in [-0.39, 0.29) is 17.9 Å². The number of hydrogen-bond donors (Lipinski definition) is 1. The van der Waals surface area contributed by atoms with Crippen LogP contribution in [0.2, 0.25) is 0 Å². The van der Waals surface area contributed by atoms with Crippen molar-refractivity contribution in [2.24, 2.45) is 0 Å². The molecular weight excluding hydrogens is 225 g/mol. The van der Waals surface area contributed by atoms with Crippen molar-refractivity contribution in [2.75, 3.05) is 0 Å². The summed E-state index contributed by atoms with van der Waals surface area (Å²) in [5.74, 6) is -1.10. The number of hydrogen-bond acceptors (Lipinski definition) is 2. The summed E-state index contributed by atoms with van der Waals surface area (Å²) >= 11 is 0. The highest BCUT2D eigenvalue weighted by Crippen LogP contribution is 2.38. The first kappa shape index (κ1) is 11.0. The lowest BCUT2D eigenvalue weighted by Gasteiger charge is -2.26. The summed E-state index contributed by atoms with van der Waals surface area (Å²) in [4.78, 5) is 14.3. The third-order valence-corrected chi connectivity index (χ3v) is 2.62. The summed E-state index contributed by atoms with van der Waals surface area (Å²) in [5, 5.41) is 8.67. The van der Waals surface area contributed by atoms with Crippen LogP contribution in [0.25, 0.3) is 0 Å². The predicted octanol–water partition coefficient (Wildman–Crippen LogP) is 2.02. The van der Waals surface area contributed by atoms with E-state index in [1.807, 2.05) is 0 Å². The third kappa shape index (κ3) is 1.77. The molecule has 1 aromatic heterocycles. The number of imidazole rings is 1. The molecule has 1 atom stereocenters. The van der Waals surface area contributed by atoms with Gasteiger partial charge in [-0.3, -0.25) is 0 Å². The highest BCUT2D eigenvalue weighted by Gasteiger charge is 2.43. The second-order valence-electron chi connectivity index (χ2n) is 3.70. The molecule has 1 aliphatic rings. The number of rotatable bonds is 1. The Kier molecular flexibility index (Phi) is 2.40. The van der Waals surface area contributed by atoms with Crippen molar-refractivity contribution in [1.82, 2.24) is 9.55 Å². The minimum atomic E-state index is -4.36. The van der Waals surface area contributed by atoms with Gasteiger partial charge >= 0.3 is 12.1 Å². The highest BCUT2D eigenvalue weighted by atomic mass is 19.4. The minimum Gasteiger partial charge on any atom is -0.476 e. The molecule has 7 heteroatoms. The molecule has 0 bridgehead atoms. The molecule has 4 nitrogen and oxygen atoms in total. The van der Waals surface area contributed by atoms with Gasteiger partial charge in [-0.1, -0.05) is 0 Å². The van der Waals surface area contributed by atoms with Crippen LogP contribution in [0.15, 0.2) is 6.20 Å². The zero-order valence-electron chi connectivity index (χ0n) is 8.16. The number of nitrogens with zero attached hydrogens (tertiary/aromatic N) is 2. The molecular formula is C9H9F3N2O2. The van der Waals surface area contributed by atoms with Gasteiger partial charge in [-0.25, -0.2) is 9.78 Å². The molecule has 0 radical (unpaired) electrons. The number of aryl methyl sites for hydroxylation is 1. The first-order valence-electron chi connectivity index (χ1n) is 4.77. The number of halogens is 3. The lowest BCUT2D eigenvalue weighted by atomic mass is 10.0. The molecule has 0 aliphatic carbocycles. The lowest BCUT2D eigenvalue weighted by Crippen LogP contribution is -2.30. The number of carboxylic acids is 1. The van der Waals surface area contributed by atoms with Crippen LogP contribution in [0, 0.1) is 0 Å². The van der Waals surface area contributed by atoms with Crippen molar-refractivity contribution < 1.29 is 23.1 Å². The van der Waals surface area contributed by atoms with Crippen LogP contribution >= 0.6 is 0 Å². The molecule has 16 heavy (non-hydrogen) atoms. The summed E-state index contributed by atoms with van der Waals surface area (Å²) in [6.07, 6.45) is -2.65. The van der Waals surface area contributed by atoms with Gasteiger partial charge < -0.3 is 9.67 Å². The van der Waals surface area contributed by atoms with Crippen LogP contribution in [-0.4, -0.2) is 26.8 Å². The van der Waals surface area contributed by atoms with Gasteiger partial charge in [0.1, 0.15) is 11.9 Å². The fraction of sp³-hybridized carbons (Fsp3) is 0.556. The average Bonchev–Trinajstić information content (AvgIpc) is 2.58. The van der Waals surface area contributed by atoms with Gasteiger partial charge in [0.05, 0.1) is 0 Å². The first-order chi connectivity index (χ1) is 7.39. The van der Waals surface area contributed by atoms with Gasteiger partial charge in [0.15, 0.2) is 5.69 Å². The van der Waals surface area contributed by atoms with Crippen molar-refractivity contribution in [3.8, 4) is 0 Å². The number of alkyl halides is 3. The fourth-order valence-electron chi connectivity index (χ4n) is 1.90. The number of fused-ring (bicyclic) bond motifs is 1. The maximum Gasteiger partial charge on any atom is 0.409 e. The Bertz CT molecular complexity index is 425. The molecule has 1 unspecified atom stereocenters. The summed E-state index contributed by atoms with van der Waals surface area (Å²) in [5.41, 5.74) is -0.328.